The van der Waals surface area contributed by atoms with Crippen LogP contribution in [0.1, 0.15) is 11.4 Å². The molecule has 4 aromatic carbocycles. The minimum atomic E-state index is -3.56. The van der Waals surface area contributed by atoms with E-state index in [2.05, 4.69) is 46.7 Å². The number of hydrogen-bond donors (Lipinski definition) is 0. The maximum atomic E-state index is 13.6. The molecule has 1 heterocycles. The summed E-state index contributed by atoms with van der Waals surface area (Å²) < 4.78 is 15.4. The summed E-state index contributed by atoms with van der Waals surface area (Å²) in [5, 5.41) is 12.0. The van der Waals surface area contributed by atoms with E-state index < -0.39 is 5.96 Å². The summed E-state index contributed by atoms with van der Waals surface area (Å²) in [4.78, 5) is 0. The Hall–Kier alpha value is -3.33. The molecule has 0 aliphatic rings. The zero-order valence-corrected chi connectivity index (χ0v) is 20.4. The molecule has 0 unspecified atom stereocenters. The summed E-state index contributed by atoms with van der Waals surface area (Å²) in [7, 11) is 0. The van der Waals surface area contributed by atoms with E-state index in [-0.39, 0.29) is 5.82 Å². The quantitative estimate of drug-likeness (QED) is 0.279. The maximum absolute atomic E-state index is 13.6. The Morgan fingerprint density at radius 1 is 0.706 bits per heavy atom. The predicted molar refractivity (Wildman–Crippen MR) is 141 cm³/mol. The average molecular weight is 488 g/mol. The van der Waals surface area contributed by atoms with E-state index in [0.29, 0.717) is 6.16 Å². The second-order valence-corrected chi connectivity index (χ2v) is 14.8. The van der Waals surface area contributed by atoms with Gasteiger partial charge in [0.15, 0.2) is 0 Å². The molecule has 0 saturated carbocycles. The molecule has 3 nitrogen and oxygen atoms in total. The molecule has 0 aliphatic carbocycles. The van der Waals surface area contributed by atoms with E-state index in [1.807, 2.05) is 61.5 Å². The third kappa shape index (κ3) is 3.64. The first-order valence-corrected chi connectivity index (χ1v) is 14.4. The first kappa shape index (κ1) is 22.5. The van der Waals surface area contributed by atoms with E-state index >= 15 is 0 Å². The molecule has 6 heteroatoms. The van der Waals surface area contributed by atoms with Crippen LogP contribution in [0.4, 0.5) is 4.39 Å². The molecule has 5 rings (SSSR count). The van der Waals surface area contributed by atoms with Gasteiger partial charge in [0.1, 0.15) is 0 Å². The van der Waals surface area contributed by atoms with Gasteiger partial charge in [-0.2, -0.15) is 0 Å². The van der Waals surface area contributed by atoms with Crippen LogP contribution in [0.2, 0.25) is 0 Å². The molecule has 34 heavy (non-hydrogen) atoms. The van der Waals surface area contributed by atoms with Crippen LogP contribution >= 0.6 is 17.2 Å². The number of aromatic nitrogens is 3. The fourth-order valence-electron chi connectivity index (χ4n) is 4.57. The van der Waals surface area contributed by atoms with Crippen molar-refractivity contribution in [3.8, 4) is 5.69 Å². The SMILES string of the molecule is Cc1nnn(-c2ccc(F)cc2)c1CP(Cl)(c1ccccc1)(c1ccccc1)c1ccccc1. The third-order valence-corrected chi connectivity index (χ3v) is 13.5. The van der Waals surface area contributed by atoms with Gasteiger partial charge in [0, 0.05) is 0 Å². The molecular formula is C28H24ClFN3P. The summed E-state index contributed by atoms with van der Waals surface area (Å²) in [6.07, 6.45) is 0.501. The van der Waals surface area contributed by atoms with Crippen molar-refractivity contribution in [3.05, 3.63) is 132 Å². The molecule has 1 aromatic heterocycles. The van der Waals surface area contributed by atoms with Crippen LogP contribution in [0.25, 0.3) is 5.69 Å². The summed E-state index contributed by atoms with van der Waals surface area (Å²) in [6, 6.07) is 37.2. The van der Waals surface area contributed by atoms with E-state index in [1.165, 1.54) is 12.1 Å². The molecule has 0 N–H and O–H groups in total. The summed E-state index contributed by atoms with van der Waals surface area (Å²) >= 11 is 8.22. The van der Waals surface area contributed by atoms with Crippen molar-refractivity contribution in [1.29, 1.82) is 0 Å². The molecule has 0 fully saturated rings. The molecule has 0 saturated heterocycles. The van der Waals surface area contributed by atoms with Gasteiger partial charge in [-0.05, 0) is 0 Å². The minimum absolute atomic E-state index is 0.294. The van der Waals surface area contributed by atoms with Gasteiger partial charge in [-0.15, -0.1) is 0 Å². The van der Waals surface area contributed by atoms with Crippen LogP contribution in [-0.2, 0) is 6.16 Å². The van der Waals surface area contributed by atoms with Crippen LogP contribution in [0.3, 0.4) is 0 Å². The molecule has 0 aliphatic heterocycles. The third-order valence-electron chi connectivity index (χ3n) is 6.36. The van der Waals surface area contributed by atoms with Gasteiger partial charge >= 0.3 is 204 Å². The summed E-state index contributed by atoms with van der Waals surface area (Å²) in [6.45, 7) is 1.95. The van der Waals surface area contributed by atoms with Crippen molar-refractivity contribution in [2.75, 3.05) is 0 Å². The Morgan fingerprint density at radius 3 is 1.59 bits per heavy atom. The molecule has 0 bridgehead atoms. The van der Waals surface area contributed by atoms with Gasteiger partial charge in [-0.1, -0.05) is 0 Å². The molecule has 170 valence electrons. The Morgan fingerprint density at radius 2 is 1.15 bits per heavy atom. The number of hydrogen-bond acceptors (Lipinski definition) is 2. The predicted octanol–water partition coefficient (Wildman–Crippen LogP) is 5.90. The fourth-order valence-corrected chi connectivity index (χ4v) is 10.7. The van der Waals surface area contributed by atoms with Crippen molar-refractivity contribution < 1.29 is 4.39 Å². The van der Waals surface area contributed by atoms with Crippen LogP contribution in [-0.4, -0.2) is 15.0 Å². The van der Waals surface area contributed by atoms with Crippen LogP contribution in [0, 0.1) is 12.7 Å². The molecule has 5 aromatic rings. The summed E-state index contributed by atoms with van der Waals surface area (Å²) in [5.41, 5.74) is 2.44. The molecule has 0 atom stereocenters. The number of rotatable bonds is 6. The van der Waals surface area contributed by atoms with E-state index in [9.17, 15) is 4.39 Å². The van der Waals surface area contributed by atoms with Gasteiger partial charge in [-0.3, -0.25) is 0 Å². The number of benzene rings is 4. The van der Waals surface area contributed by atoms with Crippen LogP contribution < -0.4 is 15.9 Å². The van der Waals surface area contributed by atoms with Gasteiger partial charge < -0.3 is 0 Å². The molecule has 0 amide bonds. The first-order chi connectivity index (χ1) is 16.5. The first-order valence-electron chi connectivity index (χ1n) is 11.1. The molecular weight excluding hydrogens is 464 g/mol. The van der Waals surface area contributed by atoms with E-state index in [0.717, 1.165) is 33.0 Å². The Balaban J connectivity index is 1.83. The topological polar surface area (TPSA) is 30.7 Å². The number of nitrogens with zero attached hydrogens (tertiary/aromatic N) is 3. The van der Waals surface area contributed by atoms with Crippen molar-refractivity contribution in [2.45, 2.75) is 13.1 Å². The Kier molecular flexibility index (Phi) is 5.81. The normalized spacial score (nSPS) is 12.7. The van der Waals surface area contributed by atoms with E-state index in [1.54, 1.807) is 16.8 Å². The number of halogens is 2. The van der Waals surface area contributed by atoms with E-state index in [4.69, 9.17) is 11.2 Å². The van der Waals surface area contributed by atoms with Crippen molar-refractivity contribution in [1.82, 2.24) is 15.0 Å². The Labute approximate surface area is 203 Å². The monoisotopic (exact) mass is 487 g/mol. The number of aryl methyl sites for hydroxylation is 1. The average Bonchev–Trinajstić information content (AvgIpc) is 3.25. The zero-order valence-electron chi connectivity index (χ0n) is 18.7. The molecule has 0 radical (unpaired) electrons. The zero-order chi connectivity index (χ0) is 23.6. The van der Waals surface area contributed by atoms with Crippen molar-refractivity contribution in [3.63, 3.8) is 0 Å². The van der Waals surface area contributed by atoms with Gasteiger partial charge in [0.25, 0.3) is 0 Å². The fraction of sp³-hybridized carbons (Fsp3) is 0.0714. The van der Waals surface area contributed by atoms with Crippen molar-refractivity contribution in [2.24, 2.45) is 0 Å². The standard InChI is InChI=1S/C28H24ClFN3P/c1-22-28(33(32-31-22)24-19-17-23(30)18-20-24)21-34(29,25-11-5-2-6-12-25,26-13-7-3-8-14-26)27-15-9-4-10-16-27/h2-20H,21H2,1H3. The van der Waals surface area contributed by atoms with Gasteiger partial charge in [-0.25, -0.2) is 0 Å². The van der Waals surface area contributed by atoms with Crippen LogP contribution in [0.15, 0.2) is 115 Å². The molecule has 0 spiro atoms. The second kappa shape index (κ2) is 8.79. The van der Waals surface area contributed by atoms with Crippen molar-refractivity contribution >= 4 is 33.1 Å². The summed E-state index contributed by atoms with van der Waals surface area (Å²) in [5.74, 6) is -3.86. The van der Waals surface area contributed by atoms with Crippen LogP contribution in [0.5, 0.6) is 0 Å². The second-order valence-electron chi connectivity index (χ2n) is 8.36. The van der Waals surface area contributed by atoms with Gasteiger partial charge in [0.05, 0.1) is 0 Å². The Bertz CT molecular complexity index is 1310. The van der Waals surface area contributed by atoms with Gasteiger partial charge in [0.2, 0.25) is 0 Å².